The summed E-state index contributed by atoms with van der Waals surface area (Å²) < 4.78 is 4.79. The second kappa shape index (κ2) is 5.62. The van der Waals surface area contributed by atoms with Gasteiger partial charge in [0.15, 0.2) is 0 Å². The minimum absolute atomic E-state index is 0.167. The molecule has 0 aromatic rings. The largest absolute Gasteiger partial charge is 0.466 e. The Morgan fingerprint density at radius 3 is 2.93 bits per heavy atom. The molecule has 0 N–H and O–H groups in total. The van der Waals surface area contributed by atoms with E-state index in [0.717, 1.165) is 13.0 Å². The highest BCUT2D eigenvalue weighted by Gasteiger charge is 2.19. The normalized spacial score (nSPS) is 16.1. The molecule has 0 radical (unpaired) electrons. The van der Waals surface area contributed by atoms with E-state index in [-0.39, 0.29) is 11.9 Å². The van der Waals surface area contributed by atoms with Gasteiger partial charge in [-0.25, -0.2) is 0 Å². The third-order valence-corrected chi connectivity index (χ3v) is 2.29. The first-order valence-corrected chi connectivity index (χ1v) is 5.17. The summed E-state index contributed by atoms with van der Waals surface area (Å²) in [6.45, 7) is 3.77. The van der Waals surface area contributed by atoms with Crippen LogP contribution < -0.4 is 0 Å². The minimum atomic E-state index is -0.167. The predicted octanol–water partition coefficient (Wildman–Crippen LogP) is 0.952. The molecule has 1 fully saturated rings. The van der Waals surface area contributed by atoms with Crippen LogP contribution in [0.3, 0.4) is 0 Å². The number of hydrogen-bond acceptors (Lipinski definition) is 3. The van der Waals surface area contributed by atoms with Crippen molar-refractivity contribution in [2.75, 3.05) is 19.7 Å². The van der Waals surface area contributed by atoms with E-state index in [1.165, 1.54) is 0 Å². The molecular formula is C10H17NO3. The van der Waals surface area contributed by atoms with Crippen molar-refractivity contribution in [2.24, 2.45) is 0 Å². The lowest BCUT2D eigenvalue weighted by Crippen LogP contribution is -2.26. The van der Waals surface area contributed by atoms with E-state index in [0.29, 0.717) is 32.4 Å². The van der Waals surface area contributed by atoms with E-state index < -0.39 is 0 Å². The average Bonchev–Trinajstić information content (AvgIpc) is 2.52. The first kappa shape index (κ1) is 11.0. The number of esters is 1. The zero-order chi connectivity index (χ0) is 10.4. The van der Waals surface area contributed by atoms with Crippen molar-refractivity contribution < 1.29 is 14.3 Å². The van der Waals surface area contributed by atoms with Gasteiger partial charge in [-0.05, 0) is 19.8 Å². The second-order valence-corrected chi connectivity index (χ2v) is 3.39. The Kier molecular flexibility index (Phi) is 4.43. The molecular weight excluding hydrogens is 182 g/mol. The van der Waals surface area contributed by atoms with Crippen LogP contribution in [0.4, 0.5) is 0 Å². The van der Waals surface area contributed by atoms with Gasteiger partial charge in [-0.3, -0.25) is 9.59 Å². The molecule has 1 aliphatic heterocycles. The van der Waals surface area contributed by atoms with Crippen molar-refractivity contribution in [1.82, 2.24) is 4.90 Å². The zero-order valence-electron chi connectivity index (χ0n) is 8.62. The van der Waals surface area contributed by atoms with Crippen molar-refractivity contribution in [3.8, 4) is 0 Å². The number of hydrogen-bond donors (Lipinski definition) is 0. The fourth-order valence-electron chi connectivity index (χ4n) is 1.59. The van der Waals surface area contributed by atoms with Crippen molar-refractivity contribution in [3.63, 3.8) is 0 Å². The highest BCUT2D eigenvalue weighted by molar-refractivity contribution is 5.78. The Bertz CT molecular complexity index is 215. The smallest absolute Gasteiger partial charge is 0.305 e. The number of carbonyl (C=O) groups excluding carboxylic acids is 2. The molecule has 0 aromatic heterocycles. The Balaban J connectivity index is 2.08. The fourth-order valence-corrected chi connectivity index (χ4v) is 1.59. The van der Waals surface area contributed by atoms with Crippen LogP contribution >= 0.6 is 0 Å². The van der Waals surface area contributed by atoms with E-state index in [9.17, 15) is 9.59 Å². The van der Waals surface area contributed by atoms with Crippen LogP contribution in [0.1, 0.15) is 32.6 Å². The van der Waals surface area contributed by atoms with E-state index >= 15 is 0 Å². The van der Waals surface area contributed by atoms with E-state index in [4.69, 9.17) is 4.74 Å². The molecule has 14 heavy (non-hydrogen) atoms. The topological polar surface area (TPSA) is 46.6 Å². The Morgan fingerprint density at radius 1 is 1.57 bits per heavy atom. The third-order valence-electron chi connectivity index (χ3n) is 2.29. The van der Waals surface area contributed by atoms with Crippen molar-refractivity contribution in [3.05, 3.63) is 0 Å². The Labute approximate surface area is 84.2 Å². The lowest BCUT2D eigenvalue weighted by molar-refractivity contribution is -0.143. The molecule has 0 unspecified atom stereocenters. The molecule has 0 aliphatic carbocycles. The van der Waals surface area contributed by atoms with E-state index in [2.05, 4.69) is 0 Å². The maximum atomic E-state index is 11.2. The summed E-state index contributed by atoms with van der Waals surface area (Å²) in [5.41, 5.74) is 0. The summed E-state index contributed by atoms with van der Waals surface area (Å²) in [4.78, 5) is 24.0. The van der Waals surface area contributed by atoms with Crippen LogP contribution in [0.2, 0.25) is 0 Å². The van der Waals surface area contributed by atoms with Gasteiger partial charge < -0.3 is 9.64 Å². The van der Waals surface area contributed by atoms with E-state index in [1.54, 1.807) is 6.92 Å². The van der Waals surface area contributed by atoms with Crippen LogP contribution in [0, 0.1) is 0 Å². The van der Waals surface area contributed by atoms with Gasteiger partial charge in [0.1, 0.15) is 0 Å². The first-order chi connectivity index (χ1) is 6.74. The third kappa shape index (κ3) is 3.36. The van der Waals surface area contributed by atoms with Crippen molar-refractivity contribution in [2.45, 2.75) is 32.6 Å². The maximum absolute atomic E-state index is 11.2. The molecule has 80 valence electrons. The summed E-state index contributed by atoms with van der Waals surface area (Å²) in [5, 5.41) is 0. The first-order valence-electron chi connectivity index (χ1n) is 5.17. The van der Waals surface area contributed by atoms with Gasteiger partial charge >= 0.3 is 5.97 Å². The van der Waals surface area contributed by atoms with Crippen LogP contribution in [0.15, 0.2) is 0 Å². The number of amides is 1. The number of likely N-dealkylation sites (tertiary alicyclic amines) is 1. The van der Waals surface area contributed by atoms with Crippen molar-refractivity contribution >= 4 is 11.9 Å². The number of carbonyl (C=O) groups is 2. The molecule has 1 aliphatic rings. The van der Waals surface area contributed by atoms with Crippen LogP contribution in [0.25, 0.3) is 0 Å². The zero-order valence-corrected chi connectivity index (χ0v) is 8.62. The molecule has 0 saturated carbocycles. The standard InChI is InChI=1S/C10H17NO3/c1-2-14-10(13)6-4-8-11-7-3-5-9(11)12/h2-8H2,1H3. The number of nitrogens with zero attached hydrogens (tertiary/aromatic N) is 1. The fraction of sp³-hybridized carbons (Fsp3) is 0.800. The molecule has 1 saturated heterocycles. The summed E-state index contributed by atoms with van der Waals surface area (Å²) in [6.07, 6.45) is 2.75. The minimum Gasteiger partial charge on any atom is -0.466 e. The van der Waals surface area contributed by atoms with Crippen LogP contribution in [0.5, 0.6) is 0 Å². The van der Waals surface area contributed by atoms with Gasteiger partial charge in [-0.2, -0.15) is 0 Å². The predicted molar refractivity (Wildman–Crippen MR) is 51.7 cm³/mol. The average molecular weight is 199 g/mol. The van der Waals surface area contributed by atoms with Gasteiger partial charge in [0.2, 0.25) is 5.91 Å². The van der Waals surface area contributed by atoms with E-state index in [1.807, 2.05) is 4.90 Å². The van der Waals surface area contributed by atoms with Gasteiger partial charge in [-0.15, -0.1) is 0 Å². The highest BCUT2D eigenvalue weighted by atomic mass is 16.5. The molecule has 1 rings (SSSR count). The molecule has 1 heterocycles. The quantitative estimate of drug-likeness (QED) is 0.619. The maximum Gasteiger partial charge on any atom is 0.305 e. The molecule has 0 atom stereocenters. The molecule has 0 aromatic carbocycles. The Morgan fingerprint density at radius 2 is 2.36 bits per heavy atom. The summed E-state index contributed by atoms with van der Waals surface area (Å²) in [6, 6.07) is 0. The van der Waals surface area contributed by atoms with Gasteiger partial charge in [-0.1, -0.05) is 0 Å². The monoisotopic (exact) mass is 199 g/mol. The number of ether oxygens (including phenoxy) is 1. The van der Waals surface area contributed by atoms with Crippen molar-refractivity contribution in [1.29, 1.82) is 0 Å². The summed E-state index contributed by atoms with van der Waals surface area (Å²) in [7, 11) is 0. The van der Waals surface area contributed by atoms with Gasteiger partial charge in [0.25, 0.3) is 0 Å². The Hall–Kier alpha value is -1.06. The summed E-state index contributed by atoms with van der Waals surface area (Å²) >= 11 is 0. The lowest BCUT2D eigenvalue weighted by Gasteiger charge is -2.14. The lowest BCUT2D eigenvalue weighted by atomic mass is 10.3. The second-order valence-electron chi connectivity index (χ2n) is 3.39. The summed E-state index contributed by atoms with van der Waals surface area (Å²) in [5.74, 6) is 0.0491. The van der Waals surface area contributed by atoms with Gasteiger partial charge in [0, 0.05) is 25.9 Å². The van der Waals surface area contributed by atoms with Crippen LogP contribution in [-0.4, -0.2) is 36.5 Å². The molecule has 1 amide bonds. The van der Waals surface area contributed by atoms with Gasteiger partial charge in [0.05, 0.1) is 6.61 Å². The molecule has 0 bridgehead atoms. The molecule has 0 spiro atoms. The SMILES string of the molecule is CCOC(=O)CCCN1CCCC1=O. The van der Waals surface area contributed by atoms with Crippen LogP contribution in [-0.2, 0) is 14.3 Å². The molecule has 4 nitrogen and oxygen atoms in total. The number of rotatable bonds is 5. The highest BCUT2D eigenvalue weighted by Crippen LogP contribution is 2.10. The molecule has 4 heteroatoms.